The normalized spacial score (nSPS) is 10.4. The average Bonchev–Trinajstić information content (AvgIpc) is 3.03. The van der Waals surface area contributed by atoms with Gasteiger partial charge in [-0.1, -0.05) is 24.3 Å². The number of rotatable bonds is 5. The summed E-state index contributed by atoms with van der Waals surface area (Å²) in [5.41, 5.74) is 8.05. The number of halogens is 1. The van der Waals surface area contributed by atoms with Crippen LogP contribution in [0.3, 0.4) is 0 Å². The second-order valence-electron chi connectivity index (χ2n) is 5.66. The third-order valence-corrected chi connectivity index (χ3v) is 5.11. The number of esters is 1. The number of nitrogens with two attached hydrogens (primary N) is 1. The molecule has 27 heavy (non-hydrogen) atoms. The number of carbonyl (C=O) groups excluding carboxylic acids is 1. The van der Waals surface area contributed by atoms with Crippen molar-refractivity contribution in [2.45, 2.75) is 10.6 Å². The molecule has 3 rings (SSSR count). The Morgan fingerprint density at radius 2 is 1.96 bits per heavy atom. The molecule has 0 saturated carbocycles. The van der Waals surface area contributed by atoms with E-state index in [0.29, 0.717) is 11.4 Å². The maximum absolute atomic E-state index is 13.1. The van der Waals surface area contributed by atoms with Gasteiger partial charge in [0.25, 0.3) is 0 Å². The summed E-state index contributed by atoms with van der Waals surface area (Å²) in [4.78, 5) is 13.1. The van der Waals surface area contributed by atoms with Gasteiger partial charge in [-0.15, -0.1) is 11.8 Å². The highest BCUT2D eigenvalue weighted by molar-refractivity contribution is 7.98. The highest BCUT2D eigenvalue weighted by atomic mass is 32.2. The van der Waals surface area contributed by atoms with E-state index < -0.39 is 5.97 Å². The van der Waals surface area contributed by atoms with Gasteiger partial charge in [0, 0.05) is 16.8 Å². The smallest absolute Gasteiger partial charge is 0.357 e. The van der Waals surface area contributed by atoms with Crippen LogP contribution in [0.4, 0.5) is 10.1 Å². The summed E-state index contributed by atoms with van der Waals surface area (Å²) in [6.45, 7) is 0. The van der Waals surface area contributed by atoms with Crippen LogP contribution in [0.5, 0.6) is 0 Å². The molecule has 0 aliphatic rings. The van der Waals surface area contributed by atoms with Crippen LogP contribution >= 0.6 is 11.8 Å². The minimum atomic E-state index is -0.618. The zero-order valence-electron chi connectivity index (χ0n) is 14.5. The van der Waals surface area contributed by atoms with E-state index in [4.69, 9.17) is 10.5 Å². The lowest BCUT2D eigenvalue weighted by atomic mass is 10.2. The number of methoxy groups -OCH3 is 1. The van der Waals surface area contributed by atoms with E-state index in [-0.39, 0.29) is 22.8 Å². The molecule has 2 N–H and O–H groups in total. The summed E-state index contributed by atoms with van der Waals surface area (Å²) < 4.78 is 19.5. The number of para-hydroxylation sites is 1. The molecule has 0 aliphatic carbocycles. The fraction of sp³-hybridized carbons (Fsp3) is 0.100. The third kappa shape index (κ3) is 3.81. The second-order valence-corrected chi connectivity index (χ2v) is 6.68. The summed E-state index contributed by atoms with van der Waals surface area (Å²) in [5, 5.41) is 9.27. The lowest BCUT2D eigenvalue weighted by Gasteiger charge is -2.13. The number of hydrogen-bond donors (Lipinski definition) is 1. The monoisotopic (exact) mass is 381 g/mol. The number of anilines is 1. The van der Waals surface area contributed by atoms with Crippen LogP contribution in [0.2, 0.25) is 0 Å². The Labute approximate surface area is 160 Å². The van der Waals surface area contributed by atoms with Crippen molar-refractivity contribution >= 4 is 23.4 Å². The molecule has 0 amide bonds. The van der Waals surface area contributed by atoms with E-state index in [0.717, 1.165) is 10.5 Å². The van der Waals surface area contributed by atoms with Crippen LogP contribution in [0.25, 0.3) is 5.69 Å². The summed E-state index contributed by atoms with van der Waals surface area (Å²) in [5.74, 6) is -0.279. The first kappa shape index (κ1) is 18.5. The minimum Gasteiger partial charge on any atom is -0.464 e. The van der Waals surface area contributed by atoms with E-state index >= 15 is 0 Å². The summed E-state index contributed by atoms with van der Waals surface area (Å²) in [6.07, 6.45) is 1.53. The van der Waals surface area contributed by atoms with Crippen molar-refractivity contribution in [1.29, 1.82) is 5.26 Å². The number of benzene rings is 2. The molecule has 0 atom stereocenters. The first-order valence-electron chi connectivity index (χ1n) is 8.01. The first-order chi connectivity index (χ1) is 13.0. The largest absolute Gasteiger partial charge is 0.464 e. The number of hydrogen-bond acceptors (Lipinski definition) is 5. The molecule has 0 aliphatic heterocycles. The number of nitrogens with zero attached hydrogens (tertiary/aromatic N) is 2. The third-order valence-electron chi connectivity index (χ3n) is 3.98. The molecule has 0 fully saturated rings. The van der Waals surface area contributed by atoms with Crippen molar-refractivity contribution in [3.05, 3.63) is 77.4 Å². The van der Waals surface area contributed by atoms with Crippen molar-refractivity contribution in [3.8, 4) is 11.8 Å². The topological polar surface area (TPSA) is 81.0 Å². The average molecular weight is 381 g/mol. The molecule has 0 saturated heterocycles. The Hall–Kier alpha value is -3.24. The molecular formula is C20H16FN3O2S. The molecule has 2 aromatic carbocycles. The van der Waals surface area contributed by atoms with Gasteiger partial charge < -0.3 is 15.0 Å². The van der Waals surface area contributed by atoms with Crippen LogP contribution < -0.4 is 5.73 Å². The number of carbonyl (C=O) groups is 1. The highest BCUT2D eigenvalue weighted by Gasteiger charge is 2.22. The first-order valence-corrected chi connectivity index (χ1v) is 8.99. The Morgan fingerprint density at radius 3 is 2.63 bits per heavy atom. The SMILES string of the molecule is COC(=O)c1c(N)c(C#N)cn1-c1ccccc1SCc1ccc(F)cc1. The van der Waals surface area contributed by atoms with Crippen LogP contribution in [0, 0.1) is 17.1 Å². The minimum absolute atomic E-state index is 0.0858. The van der Waals surface area contributed by atoms with Crippen LogP contribution in [0.15, 0.2) is 59.6 Å². The van der Waals surface area contributed by atoms with Gasteiger partial charge >= 0.3 is 5.97 Å². The number of nitriles is 1. The molecule has 7 heteroatoms. The molecular weight excluding hydrogens is 365 g/mol. The van der Waals surface area contributed by atoms with Crippen molar-refractivity contribution in [3.63, 3.8) is 0 Å². The second kappa shape index (κ2) is 7.98. The van der Waals surface area contributed by atoms with E-state index in [1.165, 1.54) is 37.2 Å². The Bertz CT molecular complexity index is 1020. The quantitative estimate of drug-likeness (QED) is 0.530. The van der Waals surface area contributed by atoms with Crippen molar-refractivity contribution in [2.24, 2.45) is 0 Å². The zero-order valence-corrected chi connectivity index (χ0v) is 15.3. The fourth-order valence-electron chi connectivity index (χ4n) is 2.62. The maximum Gasteiger partial charge on any atom is 0.357 e. The Kier molecular flexibility index (Phi) is 5.48. The fourth-order valence-corrected chi connectivity index (χ4v) is 3.63. The predicted molar refractivity (Wildman–Crippen MR) is 102 cm³/mol. The van der Waals surface area contributed by atoms with Crippen LogP contribution in [-0.2, 0) is 10.5 Å². The highest BCUT2D eigenvalue weighted by Crippen LogP contribution is 2.32. The number of aromatic nitrogens is 1. The zero-order chi connectivity index (χ0) is 19.4. The van der Waals surface area contributed by atoms with Crippen molar-refractivity contribution in [1.82, 2.24) is 4.57 Å². The molecule has 1 aromatic heterocycles. The standard InChI is InChI=1S/C20H16FN3O2S/c1-26-20(25)19-18(23)14(10-22)11-24(19)16-4-2-3-5-17(16)27-12-13-6-8-15(21)9-7-13/h2-9,11H,12,23H2,1H3. The van der Waals surface area contributed by atoms with Crippen molar-refractivity contribution < 1.29 is 13.9 Å². The number of thioether (sulfide) groups is 1. The van der Waals surface area contributed by atoms with Crippen LogP contribution in [-0.4, -0.2) is 17.6 Å². The Balaban J connectivity index is 2.00. The molecule has 136 valence electrons. The molecule has 0 radical (unpaired) electrons. The van der Waals surface area contributed by atoms with Gasteiger partial charge in [0.15, 0.2) is 5.69 Å². The number of nitrogen functional groups attached to an aromatic ring is 1. The van der Waals surface area contributed by atoms with E-state index in [9.17, 15) is 14.4 Å². The Morgan fingerprint density at radius 1 is 1.26 bits per heavy atom. The van der Waals surface area contributed by atoms with Gasteiger partial charge in [0.05, 0.1) is 24.0 Å². The van der Waals surface area contributed by atoms with Gasteiger partial charge in [-0.05, 0) is 29.8 Å². The van der Waals surface area contributed by atoms with Gasteiger partial charge in [0.1, 0.15) is 11.9 Å². The maximum atomic E-state index is 13.1. The lowest BCUT2D eigenvalue weighted by molar-refractivity contribution is 0.0593. The van der Waals surface area contributed by atoms with E-state index in [1.807, 2.05) is 30.3 Å². The van der Waals surface area contributed by atoms with E-state index in [1.54, 1.807) is 16.7 Å². The van der Waals surface area contributed by atoms with Gasteiger partial charge in [0.2, 0.25) is 0 Å². The van der Waals surface area contributed by atoms with Crippen molar-refractivity contribution in [2.75, 3.05) is 12.8 Å². The summed E-state index contributed by atoms with van der Waals surface area (Å²) >= 11 is 1.53. The number of ether oxygens (including phenoxy) is 1. The van der Waals surface area contributed by atoms with E-state index in [2.05, 4.69) is 0 Å². The summed E-state index contributed by atoms with van der Waals surface area (Å²) in [7, 11) is 1.26. The van der Waals surface area contributed by atoms with Crippen LogP contribution in [0.1, 0.15) is 21.6 Å². The van der Waals surface area contributed by atoms with Gasteiger partial charge in [-0.2, -0.15) is 5.26 Å². The predicted octanol–water partition coefficient (Wildman–Crippen LogP) is 4.15. The molecule has 1 heterocycles. The van der Waals surface area contributed by atoms with Gasteiger partial charge in [-0.3, -0.25) is 0 Å². The molecule has 0 bridgehead atoms. The van der Waals surface area contributed by atoms with Gasteiger partial charge in [-0.25, -0.2) is 9.18 Å². The lowest BCUT2D eigenvalue weighted by Crippen LogP contribution is -2.11. The molecule has 0 unspecified atom stereocenters. The summed E-state index contributed by atoms with van der Waals surface area (Å²) in [6, 6.07) is 15.7. The molecule has 5 nitrogen and oxygen atoms in total. The molecule has 0 spiro atoms. The molecule has 3 aromatic rings.